The molecule has 0 fully saturated rings. The first-order valence-electron chi connectivity index (χ1n) is 13.5. The molecule has 5 rings (SSSR count). The fourth-order valence-electron chi connectivity index (χ4n) is 4.54. The predicted octanol–water partition coefficient (Wildman–Crippen LogP) is 8.15. The van der Waals surface area contributed by atoms with E-state index in [1.165, 1.54) is 24.3 Å². The van der Waals surface area contributed by atoms with E-state index in [1.54, 1.807) is 66.7 Å². The van der Waals surface area contributed by atoms with E-state index in [2.05, 4.69) is 0 Å². The minimum absolute atomic E-state index is 0.0144. The van der Waals surface area contributed by atoms with Crippen LogP contribution in [-0.2, 0) is 23.2 Å². The highest BCUT2D eigenvalue weighted by atomic mass is 35.5. The largest absolute Gasteiger partial charge is 0.486 e. The first-order valence-corrected chi connectivity index (χ1v) is 15.9. The number of benzene rings is 4. The average Bonchev–Trinajstić information content (AvgIpc) is 3.37. The Morgan fingerprint density at radius 3 is 2.13 bits per heavy atom. The van der Waals surface area contributed by atoms with Gasteiger partial charge in [0.15, 0.2) is 5.75 Å². The molecule has 1 aromatic heterocycles. The number of sulfonamides is 1. The number of halogens is 5. The lowest BCUT2D eigenvalue weighted by Crippen LogP contribution is -2.27. The highest BCUT2D eigenvalue weighted by molar-refractivity contribution is 7.92. The molecule has 5 aromatic rings. The van der Waals surface area contributed by atoms with Crippen molar-refractivity contribution in [3.63, 3.8) is 0 Å². The van der Waals surface area contributed by atoms with Gasteiger partial charge in [-0.2, -0.15) is 13.2 Å². The number of hydrogen-bond donors (Lipinski definition) is 2. The van der Waals surface area contributed by atoms with E-state index in [1.807, 2.05) is 15.5 Å². The Labute approximate surface area is 272 Å². The molecule has 0 radical (unpaired) electrons. The van der Waals surface area contributed by atoms with Crippen molar-refractivity contribution >= 4 is 44.9 Å². The van der Waals surface area contributed by atoms with Crippen molar-refractivity contribution < 1.29 is 36.2 Å². The highest BCUT2D eigenvalue weighted by Gasteiger charge is 2.35. The molecule has 0 amide bonds. The zero-order valence-corrected chi connectivity index (χ0v) is 26.0. The lowest BCUT2D eigenvalue weighted by Gasteiger charge is -2.11. The van der Waals surface area contributed by atoms with Crippen LogP contribution in [0.5, 0.6) is 5.75 Å². The molecule has 0 saturated heterocycles. The molecule has 0 aliphatic heterocycles. The summed E-state index contributed by atoms with van der Waals surface area (Å²) in [5.74, 6) is -1.87. The smallest absolute Gasteiger partial charge is 0.404 e. The van der Waals surface area contributed by atoms with Crippen LogP contribution in [0.3, 0.4) is 0 Å². The van der Waals surface area contributed by atoms with Gasteiger partial charge in [0.25, 0.3) is 0 Å². The van der Waals surface area contributed by atoms with E-state index in [0.29, 0.717) is 45.0 Å². The van der Waals surface area contributed by atoms with Crippen molar-refractivity contribution in [2.24, 2.45) is 0 Å². The molecule has 1 heterocycles. The van der Waals surface area contributed by atoms with Gasteiger partial charge in [-0.25, -0.2) is 18.2 Å². The normalized spacial score (nSPS) is 11.8. The monoisotopic (exact) mass is 689 g/mol. The van der Waals surface area contributed by atoms with Crippen LogP contribution in [0.4, 0.5) is 18.9 Å². The van der Waals surface area contributed by atoms with E-state index in [0.717, 1.165) is 11.1 Å². The van der Waals surface area contributed by atoms with Gasteiger partial charge in [-0.15, -0.1) is 0 Å². The van der Waals surface area contributed by atoms with Crippen molar-refractivity contribution in [3.05, 3.63) is 124 Å². The van der Waals surface area contributed by atoms with Crippen LogP contribution in [0, 0.1) is 0 Å². The Balaban J connectivity index is 1.31. The first kappa shape index (κ1) is 32.9. The van der Waals surface area contributed by atoms with Crippen LogP contribution in [0.2, 0.25) is 10.0 Å². The Bertz CT molecular complexity index is 1960. The third kappa shape index (κ3) is 8.59. The van der Waals surface area contributed by atoms with E-state index < -0.39 is 27.9 Å². The number of aromatic carboxylic acids is 1. The van der Waals surface area contributed by atoms with Gasteiger partial charge in [0.2, 0.25) is 10.0 Å². The second kappa shape index (κ2) is 13.5. The van der Waals surface area contributed by atoms with Crippen molar-refractivity contribution in [3.8, 4) is 28.1 Å². The van der Waals surface area contributed by atoms with Gasteiger partial charge in [0, 0.05) is 29.0 Å². The molecular formula is C32H24Cl2F3N3O5S. The summed E-state index contributed by atoms with van der Waals surface area (Å²) in [6.07, 6.45) is -3.02. The summed E-state index contributed by atoms with van der Waals surface area (Å²) in [5, 5.41) is 10.1. The quantitative estimate of drug-likeness (QED) is 0.145. The molecule has 46 heavy (non-hydrogen) atoms. The molecule has 238 valence electrons. The molecule has 0 bridgehead atoms. The molecular weight excluding hydrogens is 666 g/mol. The summed E-state index contributed by atoms with van der Waals surface area (Å²) in [6.45, 7) is 0.475. The predicted molar refractivity (Wildman–Crippen MR) is 170 cm³/mol. The van der Waals surface area contributed by atoms with Crippen molar-refractivity contribution in [2.45, 2.75) is 19.3 Å². The number of carboxylic acids is 1. The third-order valence-electron chi connectivity index (χ3n) is 6.69. The van der Waals surface area contributed by atoms with Crippen molar-refractivity contribution in [1.29, 1.82) is 0 Å². The third-order valence-corrected chi connectivity index (χ3v) is 8.49. The van der Waals surface area contributed by atoms with E-state index >= 15 is 0 Å². The van der Waals surface area contributed by atoms with Gasteiger partial charge >= 0.3 is 12.1 Å². The number of ether oxygens (including phenoxy) is 1. The fourth-order valence-corrected chi connectivity index (χ4v) is 6.04. The summed E-state index contributed by atoms with van der Waals surface area (Å²) < 4.78 is 70.8. The number of aromatic nitrogens is 2. The Morgan fingerprint density at radius 1 is 0.913 bits per heavy atom. The average molecular weight is 691 g/mol. The molecule has 0 atom stereocenters. The van der Waals surface area contributed by atoms with Crippen LogP contribution in [0.25, 0.3) is 22.4 Å². The fraction of sp³-hybridized carbons (Fsp3) is 0.125. The summed E-state index contributed by atoms with van der Waals surface area (Å²) in [6, 6.07) is 24.6. The number of anilines is 1. The van der Waals surface area contributed by atoms with E-state index in [-0.39, 0.29) is 17.9 Å². The maximum Gasteiger partial charge on any atom is 0.404 e. The number of hydrogen-bond acceptors (Lipinski definition) is 5. The minimum Gasteiger partial charge on any atom is -0.486 e. The second-order valence-corrected chi connectivity index (χ2v) is 12.7. The van der Waals surface area contributed by atoms with Gasteiger partial charge in [-0.05, 0) is 71.3 Å². The summed E-state index contributed by atoms with van der Waals surface area (Å²) in [4.78, 5) is 16.0. The van der Waals surface area contributed by atoms with Crippen molar-refractivity contribution in [2.75, 3.05) is 10.5 Å². The molecule has 4 aromatic carbocycles. The van der Waals surface area contributed by atoms with Gasteiger partial charge < -0.3 is 14.4 Å². The molecule has 0 saturated carbocycles. The molecule has 2 N–H and O–H groups in total. The van der Waals surface area contributed by atoms with Crippen LogP contribution < -0.4 is 9.46 Å². The highest BCUT2D eigenvalue weighted by Crippen LogP contribution is 2.31. The first-order chi connectivity index (χ1) is 21.7. The Hall–Kier alpha value is -4.52. The SMILES string of the molecule is O=C(O)c1ccc(Cn2cc(-c3ccc(Cl)cc3Cl)nc2COc2ccc(-c3ccc(NS(=O)(=O)CC(F)(F)F)cc3)cc2)cc1. The maximum atomic E-state index is 12.5. The van der Waals surface area contributed by atoms with Crippen molar-refractivity contribution in [1.82, 2.24) is 9.55 Å². The summed E-state index contributed by atoms with van der Waals surface area (Å²) >= 11 is 12.5. The Morgan fingerprint density at radius 2 is 1.54 bits per heavy atom. The number of nitrogens with zero attached hydrogens (tertiary/aromatic N) is 2. The van der Waals surface area contributed by atoms with Gasteiger partial charge in [0.1, 0.15) is 18.2 Å². The Kier molecular flexibility index (Phi) is 9.61. The number of carbonyl (C=O) groups is 1. The number of nitrogens with one attached hydrogen (secondary N) is 1. The van der Waals surface area contributed by atoms with E-state index in [4.69, 9.17) is 32.9 Å². The lowest BCUT2D eigenvalue weighted by atomic mass is 10.1. The number of carboxylic acid groups (broad SMARTS) is 1. The number of rotatable bonds is 11. The topological polar surface area (TPSA) is 111 Å². The maximum absolute atomic E-state index is 12.5. The molecule has 0 spiro atoms. The molecule has 0 aliphatic carbocycles. The van der Waals surface area contributed by atoms with E-state index in [9.17, 15) is 31.5 Å². The summed E-state index contributed by atoms with van der Waals surface area (Å²) in [7, 11) is -4.58. The number of imidazole rings is 1. The van der Waals surface area contributed by atoms with Crippen LogP contribution >= 0.6 is 23.2 Å². The molecule has 0 unspecified atom stereocenters. The zero-order valence-electron chi connectivity index (χ0n) is 23.6. The van der Waals surface area contributed by atoms with Gasteiger partial charge in [-0.3, -0.25) is 4.72 Å². The van der Waals surface area contributed by atoms with Crippen LogP contribution in [0.15, 0.2) is 97.2 Å². The number of alkyl halides is 3. The molecule has 14 heteroatoms. The van der Waals surface area contributed by atoms with Crippen LogP contribution in [-0.4, -0.2) is 41.0 Å². The standard InChI is InChI=1S/C32H24Cl2F3N3O5S/c33-24-9-14-27(28(34)15-24)29-17-40(16-20-1-3-23(4-2-20)31(41)42)30(38-29)18-45-26-12-7-22(8-13-26)21-5-10-25(11-6-21)39-46(43,44)19-32(35,36)37/h1-15,17,39H,16,18-19H2,(H,41,42). The second-order valence-electron chi connectivity index (χ2n) is 10.2. The van der Waals surface area contributed by atoms with Gasteiger partial charge in [-0.1, -0.05) is 59.6 Å². The zero-order chi connectivity index (χ0) is 33.1. The molecule has 0 aliphatic rings. The van der Waals surface area contributed by atoms with Crippen LogP contribution in [0.1, 0.15) is 21.7 Å². The lowest BCUT2D eigenvalue weighted by molar-refractivity contribution is -0.106. The summed E-state index contributed by atoms with van der Waals surface area (Å²) in [5.41, 5.74) is 3.79. The van der Waals surface area contributed by atoms with Gasteiger partial charge in [0.05, 0.1) is 16.3 Å². The minimum atomic E-state index is -4.85. The molecule has 8 nitrogen and oxygen atoms in total.